The summed E-state index contributed by atoms with van der Waals surface area (Å²) in [6.07, 6.45) is 9.94. The fourth-order valence-corrected chi connectivity index (χ4v) is 7.69. The largest absolute Gasteiger partial charge is 0.507 e. The Kier molecular flexibility index (Phi) is 14.3. The second-order valence-electron chi connectivity index (χ2n) is 15.1. The maximum atomic E-state index is 13.7. The van der Waals surface area contributed by atoms with E-state index in [0.29, 0.717) is 17.7 Å². The predicted octanol–water partition coefficient (Wildman–Crippen LogP) is 5.42. The number of ketones is 1. The number of carbonyl (C=O) groups excluding carboxylic acids is 2. The predicted molar refractivity (Wildman–Crippen MR) is 216 cm³/mol. The number of amides is 1. The van der Waals surface area contributed by atoms with E-state index in [4.69, 9.17) is 15.3 Å². The minimum atomic E-state index is -5.08. The van der Waals surface area contributed by atoms with Crippen molar-refractivity contribution >= 4 is 45.5 Å². The highest BCUT2D eigenvalue weighted by molar-refractivity contribution is 7.84. The van der Waals surface area contributed by atoms with Crippen LogP contribution >= 0.6 is 0 Å². The van der Waals surface area contributed by atoms with Gasteiger partial charge in [-0.3, -0.25) is 14.1 Å². The van der Waals surface area contributed by atoms with Gasteiger partial charge in [0.05, 0.1) is 17.3 Å². The number of nitrogens with two attached hydrogens (primary N) is 1. The number of carboxylic acid groups (broad SMARTS) is 1. The third kappa shape index (κ3) is 10.6. The number of amidine groups is 2. The zero-order valence-corrected chi connectivity index (χ0v) is 34.4. The van der Waals surface area contributed by atoms with Crippen LogP contribution in [0.1, 0.15) is 96.6 Å². The summed E-state index contributed by atoms with van der Waals surface area (Å²) in [4.78, 5) is 53.6. The van der Waals surface area contributed by atoms with Crippen LogP contribution in [-0.4, -0.2) is 93.9 Å². The minimum absolute atomic E-state index is 0.00315. The summed E-state index contributed by atoms with van der Waals surface area (Å²) in [6, 6.07) is 3.77. The number of aliphatic carboxylic acids is 1. The summed E-state index contributed by atoms with van der Waals surface area (Å²) in [6.45, 7) is 12.7. The van der Waals surface area contributed by atoms with Crippen molar-refractivity contribution in [1.82, 2.24) is 9.21 Å². The molecule has 16 nitrogen and oxygen atoms in total. The Hall–Kier alpha value is -5.29. The number of aliphatic imine (C=N–C) groups is 2. The van der Waals surface area contributed by atoms with Gasteiger partial charge in [-0.05, 0) is 89.1 Å². The number of unbranched alkanes of at least 4 members (excludes halogenated alkanes) is 2. The van der Waals surface area contributed by atoms with Crippen LogP contribution in [0.25, 0.3) is 0 Å². The number of likely N-dealkylation sites (N-methyl/N-ethyl adjacent to an activating group) is 1. The third-order valence-electron chi connectivity index (χ3n) is 10.1. The molecule has 1 amide bonds. The number of aryl methyl sites for hydroxylation is 1. The molecule has 1 aromatic rings. The lowest BCUT2D eigenvalue weighted by molar-refractivity contribution is -0.161. The molecule has 17 heteroatoms. The lowest BCUT2D eigenvalue weighted by atomic mass is 9.73. The number of allylic oxidation sites excluding steroid dienone is 4. The molecule has 5 N–H and O–H groups in total. The van der Waals surface area contributed by atoms with Crippen molar-refractivity contribution < 1.29 is 47.1 Å². The SMILES string of the molecule is C=C(C)[C@@H]1CCC(C)=C[C@H]1c1c(O)cc(CCCCC)cc1OC(=NC)N(C)C/C=C1\[C@H](CC(=O)/C(=N\OC(C)(C)C(=O)O)C2=CCC(N)=N2)C(=O)N1S(=O)(=O)O. The van der Waals surface area contributed by atoms with E-state index in [2.05, 4.69) is 41.6 Å². The molecule has 2 aliphatic heterocycles. The van der Waals surface area contributed by atoms with Crippen LogP contribution in [0.3, 0.4) is 0 Å². The number of carbonyl (C=O) groups is 3. The molecular weight excluding hydrogens is 757 g/mol. The normalized spacial score (nSPS) is 21.1. The van der Waals surface area contributed by atoms with E-state index in [0.717, 1.165) is 43.2 Å². The molecule has 0 radical (unpaired) electrons. The number of ether oxygens (including phenoxy) is 1. The van der Waals surface area contributed by atoms with Crippen LogP contribution in [0.2, 0.25) is 0 Å². The van der Waals surface area contributed by atoms with E-state index in [-0.39, 0.29) is 58.1 Å². The lowest BCUT2D eigenvalue weighted by Gasteiger charge is -2.38. The average molecular weight is 811 g/mol. The van der Waals surface area contributed by atoms with Crippen LogP contribution in [-0.2, 0) is 35.9 Å². The fraction of sp³-hybridized carbons (Fsp3) is 0.500. The van der Waals surface area contributed by atoms with Crippen molar-refractivity contribution in [3.8, 4) is 11.5 Å². The Bertz CT molecular complexity index is 2080. The van der Waals surface area contributed by atoms with Crippen LogP contribution in [0.5, 0.6) is 11.5 Å². The summed E-state index contributed by atoms with van der Waals surface area (Å²) in [5.41, 5.74) is 6.97. The number of oxime groups is 1. The quantitative estimate of drug-likeness (QED) is 0.0294. The van der Waals surface area contributed by atoms with Gasteiger partial charge in [0.1, 0.15) is 17.3 Å². The Balaban J connectivity index is 1.66. The molecular formula is C40H54N6O10S. The van der Waals surface area contributed by atoms with Gasteiger partial charge in [0.2, 0.25) is 5.60 Å². The molecule has 4 rings (SSSR count). The van der Waals surface area contributed by atoms with Crippen LogP contribution in [0.4, 0.5) is 0 Å². The Labute approximate surface area is 334 Å². The van der Waals surface area contributed by atoms with Gasteiger partial charge in [0, 0.05) is 45.0 Å². The molecule has 1 aromatic carbocycles. The number of hydrogen-bond acceptors (Lipinski definition) is 12. The zero-order valence-electron chi connectivity index (χ0n) is 33.6. The molecule has 2 heterocycles. The zero-order chi connectivity index (χ0) is 42.4. The number of nitrogens with zero attached hydrogens (tertiary/aromatic N) is 5. The Morgan fingerprint density at radius 3 is 2.53 bits per heavy atom. The molecule has 1 saturated heterocycles. The van der Waals surface area contributed by atoms with Crippen LogP contribution in [0.15, 0.2) is 74.6 Å². The van der Waals surface area contributed by atoms with Gasteiger partial charge in [-0.2, -0.15) is 12.7 Å². The molecule has 0 bridgehead atoms. The van der Waals surface area contributed by atoms with Gasteiger partial charge in [-0.15, -0.1) is 0 Å². The number of phenols is 1. The molecule has 0 saturated carbocycles. The first-order chi connectivity index (χ1) is 26.7. The molecule has 3 atom stereocenters. The molecule has 1 fully saturated rings. The van der Waals surface area contributed by atoms with Crippen LogP contribution in [0, 0.1) is 11.8 Å². The first-order valence-corrected chi connectivity index (χ1v) is 20.2. The Morgan fingerprint density at radius 2 is 1.95 bits per heavy atom. The molecule has 0 unspecified atom stereocenters. The number of benzene rings is 1. The minimum Gasteiger partial charge on any atom is -0.507 e. The van der Waals surface area contributed by atoms with Crippen molar-refractivity contribution in [2.45, 2.75) is 97.5 Å². The number of aromatic hydroxyl groups is 1. The molecule has 3 aliphatic rings. The van der Waals surface area contributed by atoms with E-state index in [1.165, 1.54) is 43.5 Å². The number of rotatable bonds is 17. The number of Topliss-reactive ketones (excluding diaryl/α,β-unsaturated/α-hetero) is 1. The fourth-order valence-electron chi connectivity index (χ4n) is 6.87. The van der Waals surface area contributed by atoms with Crippen molar-refractivity contribution in [3.63, 3.8) is 0 Å². The Morgan fingerprint density at radius 1 is 1.25 bits per heavy atom. The highest BCUT2D eigenvalue weighted by atomic mass is 32.2. The van der Waals surface area contributed by atoms with Crippen molar-refractivity contribution in [1.29, 1.82) is 0 Å². The van der Waals surface area contributed by atoms with Crippen LogP contribution < -0.4 is 10.5 Å². The standard InChI is InChI=1S/C40H54N6O10S/c1-9-10-11-12-25-20-31(47)35(27-19-24(4)13-14-26(27)23(2)3)33(21-25)55-39(42-7)45(8)18-17-30-28(37(49)46(30)57(52,53)54)22-32(48)36(29-15-16-34(41)43-29)44-56-40(5,6)38(50)51/h15,17,19-21,26-28,47H,2,9-14,16,18,22H2,1,3-8H3,(H2,41,43)(H,50,51)(H,52,53,54)/b30-17+,42-39?,44-36-/t26-,27+,28-/m0/s1. The number of hydrogen-bond donors (Lipinski definition) is 4. The topological polar surface area (TPSA) is 234 Å². The van der Waals surface area contributed by atoms with Gasteiger partial charge < -0.3 is 30.4 Å². The maximum absolute atomic E-state index is 13.7. The summed E-state index contributed by atoms with van der Waals surface area (Å²) in [7, 11) is -1.96. The summed E-state index contributed by atoms with van der Waals surface area (Å²) >= 11 is 0. The number of carboxylic acids is 1. The number of β-lactam (4-membered cyclic amide) rings is 1. The van der Waals surface area contributed by atoms with E-state index in [1.54, 1.807) is 13.1 Å². The third-order valence-corrected chi connectivity index (χ3v) is 11.0. The van der Waals surface area contributed by atoms with Gasteiger partial charge in [0.15, 0.2) is 11.5 Å². The van der Waals surface area contributed by atoms with E-state index in [1.807, 2.05) is 13.0 Å². The smallest absolute Gasteiger partial charge is 0.366 e. The van der Waals surface area contributed by atoms with Crippen molar-refractivity contribution in [2.75, 3.05) is 20.6 Å². The van der Waals surface area contributed by atoms with Gasteiger partial charge >= 0.3 is 16.3 Å². The van der Waals surface area contributed by atoms with E-state index >= 15 is 0 Å². The summed E-state index contributed by atoms with van der Waals surface area (Å²) in [5.74, 6) is -4.13. The summed E-state index contributed by atoms with van der Waals surface area (Å²) < 4.78 is 41.3. The van der Waals surface area contributed by atoms with Gasteiger partial charge in [-0.25, -0.2) is 14.8 Å². The second-order valence-corrected chi connectivity index (χ2v) is 16.4. The van der Waals surface area contributed by atoms with Crippen molar-refractivity contribution in [3.05, 3.63) is 70.6 Å². The second kappa shape index (κ2) is 18.3. The van der Waals surface area contributed by atoms with Crippen molar-refractivity contribution in [2.24, 2.45) is 32.7 Å². The van der Waals surface area contributed by atoms with Gasteiger partial charge in [0.25, 0.3) is 11.9 Å². The average Bonchev–Trinajstić information content (AvgIpc) is 3.55. The highest BCUT2D eigenvalue weighted by Crippen LogP contribution is 2.47. The van der Waals surface area contributed by atoms with E-state index < -0.39 is 51.6 Å². The van der Waals surface area contributed by atoms with Gasteiger partial charge in [-0.1, -0.05) is 48.7 Å². The monoisotopic (exact) mass is 810 g/mol. The molecule has 0 aromatic heterocycles. The maximum Gasteiger partial charge on any atom is 0.366 e. The molecule has 310 valence electrons. The molecule has 57 heavy (non-hydrogen) atoms. The molecule has 1 aliphatic carbocycles. The first kappa shape index (κ1) is 44.4. The highest BCUT2D eigenvalue weighted by Gasteiger charge is 2.50. The molecule has 0 spiro atoms. The number of phenolic OH excluding ortho intramolecular Hbond substituents is 1. The van der Waals surface area contributed by atoms with E-state index in [9.17, 15) is 37.6 Å². The summed E-state index contributed by atoms with van der Waals surface area (Å²) in [5, 5.41) is 24.8. The lowest BCUT2D eigenvalue weighted by Crippen LogP contribution is -2.54. The first-order valence-electron chi connectivity index (χ1n) is 18.8.